The molecule has 0 fully saturated rings. The second-order valence-corrected chi connectivity index (χ2v) is 5.99. The first-order valence-electron chi connectivity index (χ1n) is 7.45. The lowest BCUT2D eigenvalue weighted by Crippen LogP contribution is -2.26. The minimum Gasteiger partial charge on any atom is -0.469 e. The number of aryl methyl sites for hydroxylation is 1. The van der Waals surface area contributed by atoms with Crippen LogP contribution in [0.3, 0.4) is 0 Å². The Balaban J connectivity index is 1.75. The molecule has 0 unspecified atom stereocenters. The van der Waals surface area contributed by atoms with Crippen LogP contribution in [0.5, 0.6) is 0 Å². The molecule has 1 heterocycles. The van der Waals surface area contributed by atoms with Gasteiger partial charge in [0.25, 0.3) is 5.22 Å². The van der Waals surface area contributed by atoms with E-state index in [9.17, 15) is 9.59 Å². The van der Waals surface area contributed by atoms with Gasteiger partial charge in [0, 0.05) is 18.5 Å². The molecule has 0 spiro atoms. The summed E-state index contributed by atoms with van der Waals surface area (Å²) in [4.78, 5) is 22.7. The van der Waals surface area contributed by atoms with Gasteiger partial charge in [0.2, 0.25) is 11.8 Å². The van der Waals surface area contributed by atoms with Crippen molar-refractivity contribution < 1.29 is 18.7 Å². The summed E-state index contributed by atoms with van der Waals surface area (Å²) >= 11 is 1.17. The van der Waals surface area contributed by atoms with Crippen LogP contribution >= 0.6 is 11.8 Å². The van der Waals surface area contributed by atoms with Gasteiger partial charge in [0.15, 0.2) is 0 Å². The van der Waals surface area contributed by atoms with Gasteiger partial charge in [-0.05, 0) is 25.5 Å². The number of carbonyl (C=O) groups is 2. The fourth-order valence-electron chi connectivity index (χ4n) is 1.90. The topological polar surface area (TPSA) is 94.3 Å². The van der Waals surface area contributed by atoms with Crippen LogP contribution in [0.15, 0.2) is 33.9 Å². The molecule has 0 aliphatic carbocycles. The highest BCUT2D eigenvalue weighted by Crippen LogP contribution is 2.23. The van der Waals surface area contributed by atoms with Gasteiger partial charge in [-0.15, -0.1) is 10.2 Å². The Morgan fingerprint density at radius 2 is 2.17 bits per heavy atom. The quantitative estimate of drug-likeness (QED) is 0.443. The standard InChI is InChI=1S/C16H19N3O4S/c1-11-5-3-6-12(9-11)15-18-19-16(23-15)24-10-13(20)17-8-4-7-14(21)22-2/h3,5-6,9H,4,7-8,10H2,1-2H3,(H,17,20). The lowest BCUT2D eigenvalue weighted by molar-refractivity contribution is -0.140. The van der Waals surface area contributed by atoms with E-state index in [0.717, 1.165) is 11.1 Å². The molecule has 1 aromatic carbocycles. The molecule has 1 aromatic heterocycles. The SMILES string of the molecule is COC(=O)CCCNC(=O)CSc1nnc(-c2cccc(C)c2)o1. The molecule has 0 aliphatic rings. The van der Waals surface area contributed by atoms with Crippen molar-refractivity contribution in [2.45, 2.75) is 25.0 Å². The highest BCUT2D eigenvalue weighted by atomic mass is 32.2. The van der Waals surface area contributed by atoms with Gasteiger partial charge in [0.1, 0.15) is 0 Å². The van der Waals surface area contributed by atoms with E-state index in [2.05, 4.69) is 20.3 Å². The number of nitrogens with one attached hydrogen (secondary N) is 1. The third-order valence-corrected chi connectivity index (χ3v) is 3.92. The monoisotopic (exact) mass is 349 g/mol. The zero-order valence-corrected chi connectivity index (χ0v) is 14.4. The summed E-state index contributed by atoms with van der Waals surface area (Å²) in [7, 11) is 1.34. The van der Waals surface area contributed by atoms with Crippen LogP contribution in [0.1, 0.15) is 18.4 Å². The predicted molar refractivity (Wildman–Crippen MR) is 89.5 cm³/mol. The minimum absolute atomic E-state index is 0.153. The average Bonchev–Trinajstić information content (AvgIpc) is 3.05. The van der Waals surface area contributed by atoms with Crippen LogP contribution in [-0.4, -0.2) is 41.5 Å². The Morgan fingerprint density at radius 1 is 1.33 bits per heavy atom. The number of thioether (sulfide) groups is 1. The summed E-state index contributed by atoms with van der Waals surface area (Å²) in [5, 5.41) is 11.0. The van der Waals surface area contributed by atoms with Crippen molar-refractivity contribution in [2.75, 3.05) is 19.4 Å². The zero-order valence-electron chi connectivity index (χ0n) is 13.6. The first-order chi connectivity index (χ1) is 11.6. The first kappa shape index (κ1) is 18.0. The summed E-state index contributed by atoms with van der Waals surface area (Å²) in [6.07, 6.45) is 0.828. The molecule has 2 aromatic rings. The van der Waals surface area contributed by atoms with E-state index in [1.54, 1.807) is 0 Å². The van der Waals surface area contributed by atoms with Crippen molar-refractivity contribution >= 4 is 23.6 Å². The maximum atomic E-state index is 11.7. The summed E-state index contributed by atoms with van der Waals surface area (Å²) in [6, 6.07) is 7.75. The van der Waals surface area contributed by atoms with Gasteiger partial charge in [-0.1, -0.05) is 29.5 Å². The Morgan fingerprint density at radius 3 is 2.92 bits per heavy atom. The molecule has 128 valence electrons. The number of hydrogen-bond acceptors (Lipinski definition) is 7. The number of aromatic nitrogens is 2. The summed E-state index contributed by atoms with van der Waals surface area (Å²) in [5.74, 6) is 0.168. The lowest BCUT2D eigenvalue weighted by atomic mass is 10.1. The number of rotatable bonds is 8. The molecule has 0 saturated heterocycles. The van der Waals surface area contributed by atoms with E-state index in [1.165, 1.54) is 18.9 Å². The number of methoxy groups -OCH3 is 1. The molecular weight excluding hydrogens is 330 g/mol. The summed E-state index contributed by atoms with van der Waals surface area (Å²) < 4.78 is 10.1. The second kappa shape index (κ2) is 9.07. The molecule has 24 heavy (non-hydrogen) atoms. The third-order valence-electron chi connectivity index (χ3n) is 3.11. The van der Waals surface area contributed by atoms with Crippen LogP contribution in [0.4, 0.5) is 0 Å². The number of amides is 1. The van der Waals surface area contributed by atoms with E-state index >= 15 is 0 Å². The van der Waals surface area contributed by atoms with Gasteiger partial charge in [-0.3, -0.25) is 9.59 Å². The number of carbonyl (C=O) groups excluding carboxylic acids is 2. The van der Waals surface area contributed by atoms with E-state index in [4.69, 9.17) is 4.42 Å². The maximum absolute atomic E-state index is 11.7. The van der Waals surface area contributed by atoms with Gasteiger partial charge in [-0.2, -0.15) is 0 Å². The van der Waals surface area contributed by atoms with Crippen LogP contribution in [0.2, 0.25) is 0 Å². The molecule has 1 amide bonds. The molecule has 0 bridgehead atoms. The fraction of sp³-hybridized carbons (Fsp3) is 0.375. The van der Waals surface area contributed by atoms with Crippen molar-refractivity contribution in [3.8, 4) is 11.5 Å². The normalized spacial score (nSPS) is 10.4. The minimum atomic E-state index is -0.284. The molecule has 0 aliphatic heterocycles. The largest absolute Gasteiger partial charge is 0.469 e. The van der Waals surface area contributed by atoms with Crippen molar-refractivity contribution in [3.63, 3.8) is 0 Å². The Kier molecular flexibility index (Phi) is 6.80. The molecular formula is C16H19N3O4S. The molecule has 8 heteroatoms. The molecule has 7 nitrogen and oxygen atoms in total. The number of benzene rings is 1. The second-order valence-electron chi connectivity index (χ2n) is 5.06. The first-order valence-corrected chi connectivity index (χ1v) is 8.44. The smallest absolute Gasteiger partial charge is 0.305 e. The molecule has 2 rings (SSSR count). The number of esters is 1. The molecule has 0 saturated carbocycles. The van der Waals surface area contributed by atoms with Crippen LogP contribution in [-0.2, 0) is 14.3 Å². The fourth-order valence-corrected chi connectivity index (χ4v) is 2.50. The highest BCUT2D eigenvalue weighted by Gasteiger charge is 2.11. The predicted octanol–water partition coefficient (Wildman–Crippen LogP) is 2.21. The number of hydrogen-bond donors (Lipinski definition) is 1. The van der Waals surface area contributed by atoms with Crippen molar-refractivity contribution in [3.05, 3.63) is 29.8 Å². The van der Waals surface area contributed by atoms with Gasteiger partial charge in [-0.25, -0.2) is 0 Å². The summed E-state index contributed by atoms with van der Waals surface area (Å²) in [5.41, 5.74) is 1.95. The van der Waals surface area contributed by atoms with Crippen molar-refractivity contribution in [1.29, 1.82) is 0 Å². The van der Waals surface area contributed by atoms with E-state index in [1.807, 2.05) is 31.2 Å². The number of nitrogens with zero attached hydrogens (tertiary/aromatic N) is 2. The number of ether oxygens (including phenoxy) is 1. The van der Waals surface area contributed by atoms with E-state index in [-0.39, 0.29) is 24.1 Å². The Labute approximate surface area is 144 Å². The van der Waals surface area contributed by atoms with Crippen LogP contribution < -0.4 is 5.32 Å². The zero-order chi connectivity index (χ0) is 17.4. The Bertz CT molecular complexity index is 702. The Hall–Kier alpha value is -2.35. The van der Waals surface area contributed by atoms with Crippen molar-refractivity contribution in [1.82, 2.24) is 15.5 Å². The van der Waals surface area contributed by atoms with Gasteiger partial charge >= 0.3 is 5.97 Å². The van der Waals surface area contributed by atoms with Gasteiger partial charge < -0.3 is 14.5 Å². The van der Waals surface area contributed by atoms with E-state index in [0.29, 0.717) is 24.1 Å². The van der Waals surface area contributed by atoms with Crippen molar-refractivity contribution in [2.24, 2.45) is 0 Å². The maximum Gasteiger partial charge on any atom is 0.305 e. The highest BCUT2D eigenvalue weighted by molar-refractivity contribution is 7.99. The molecule has 0 radical (unpaired) electrons. The lowest BCUT2D eigenvalue weighted by Gasteiger charge is -2.03. The third kappa shape index (κ3) is 5.69. The molecule has 1 N–H and O–H groups in total. The average molecular weight is 349 g/mol. The molecule has 0 atom stereocenters. The van der Waals surface area contributed by atoms with Gasteiger partial charge in [0.05, 0.1) is 12.9 Å². The van der Waals surface area contributed by atoms with Crippen LogP contribution in [0, 0.1) is 6.92 Å². The summed E-state index contributed by atoms with van der Waals surface area (Å²) in [6.45, 7) is 2.41. The van der Waals surface area contributed by atoms with E-state index < -0.39 is 0 Å². The van der Waals surface area contributed by atoms with Crippen LogP contribution in [0.25, 0.3) is 11.5 Å².